The van der Waals surface area contributed by atoms with Gasteiger partial charge in [-0.1, -0.05) is 91.0 Å². The molecule has 0 fully saturated rings. The zero-order chi connectivity index (χ0) is 23.3. The summed E-state index contributed by atoms with van der Waals surface area (Å²) in [6.45, 7) is 0. The minimum absolute atomic E-state index is 0.640. The molecule has 0 bridgehead atoms. The van der Waals surface area contributed by atoms with Crippen LogP contribution in [0.2, 0.25) is 0 Å². The largest absolute Gasteiger partial charge is 0.416 e. The lowest BCUT2D eigenvalue weighted by Crippen LogP contribution is -2.04. The van der Waals surface area contributed by atoms with Crippen LogP contribution in [0.15, 0.2) is 115 Å². The van der Waals surface area contributed by atoms with E-state index in [1.54, 1.807) is 12.1 Å². The molecule has 0 heterocycles. The number of hydrogen-bond donors (Lipinski definition) is 0. The topological polar surface area (TPSA) is 0 Å². The molecule has 0 atom stereocenters. The van der Waals surface area contributed by atoms with Gasteiger partial charge >= 0.3 is 6.18 Å². The average molecular weight is 448 g/mol. The molecule has 0 unspecified atom stereocenters. The van der Waals surface area contributed by atoms with Gasteiger partial charge in [0.2, 0.25) is 0 Å². The van der Waals surface area contributed by atoms with Gasteiger partial charge in [0.1, 0.15) is 0 Å². The highest BCUT2D eigenvalue weighted by Gasteiger charge is 2.30. The Hall–Kier alpha value is -4.11. The molecule has 0 spiro atoms. The molecule has 0 aliphatic carbocycles. The van der Waals surface area contributed by atoms with Gasteiger partial charge in [-0.2, -0.15) is 13.2 Å². The summed E-state index contributed by atoms with van der Waals surface area (Å²) in [6.07, 6.45) is -4.35. The molecule has 164 valence electrons. The van der Waals surface area contributed by atoms with Crippen molar-refractivity contribution >= 4 is 32.3 Å². The lowest BCUT2D eigenvalue weighted by atomic mass is 9.88. The van der Waals surface area contributed by atoms with Crippen molar-refractivity contribution < 1.29 is 13.2 Å². The summed E-state index contributed by atoms with van der Waals surface area (Å²) in [4.78, 5) is 0. The first-order chi connectivity index (χ1) is 16.5. The van der Waals surface area contributed by atoms with Crippen LogP contribution in [0.3, 0.4) is 0 Å². The Kier molecular flexibility index (Phi) is 4.66. The van der Waals surface area contributed by atoms with Gasteiger partial charge in [-0.15, -0.1) is 0 Å². The third-order valence-electron chi connectivity index (χ3n) is 6.47. The Bertz CT molecular complexity index is 1680. The number of benzene rings is 6. The van der Waals surface area contributed by atoms with Gasteiger partial charge in [0.25, 0.3) is 0 Å². The van der Waals surface area contributed by atoms with E-state index >= 15 is 0 Å². The van der Waals surface area contributed by atoms with Crippen molar-refractivity contribution in [3.63, 3.8) is 0 Å². The highest BCUT2D eigenvalue weighted by atomic mass is 19.4. The fourth-order valence-electron chi connectivity index (χ4n) is 4.84. The normalized spacial score (nSPS) is 12.0. The maximum Gasteiger partial charge on any atom is 0.416 e. The van der Waals surface area contributed by atoms with Gasteiger partial charge in [-0.25, -0.2) is 0 Å². The number of rotatable bonds is 2. The van der Waals surface area contributed by atoms with E-state index in [9.17, 15) is 13.2 Å². The van der Waals surface area contributed by atoms with Crippen LogP contribution in [0, 0.1) is 0 Å². The zero-order valence-corrected chi connectivity index (χ0v) is 18.1. The third-order valence-corrected chi connectivity index (χ3v) is 6.47. The molecule has 0 saturated heterocycles. The molecule has 0 aromatic heterocycles. The first kappa shape index (κ1) is 20.5. The number of halogens is 3. The fraction of sp³-hybridized carbons (Fsp3) is 0.0323. The molecule has 0 nitrogen and oxygen atoms in total. The van der Waals surface area contributed by atoms with Gasteiger partial charge in [0.05, 0.1) is 5.56 Å². The van der Waals surface area contributed by atoms with Gasteiger partial charge in [-0.3, -0.25) is 0 Å². The van der Waals surface area contributed by atoms with Crippen LogP contribution in [0.4, 0.5) is 13.2 Å². The summed E-state index contributed by atoms with van der Waals surface area (Å²) in [7, 11) is 0. The Morgan fingerprint density at radius 1 is 0.441 bits per heavy atom. The smallest absolute Gasteiger partial charge is 0.166 e. The van der Waals surface area contributed by atoms with Crippen molar-refractivity contribution in [2.24, 2.45) is 0 Å². The zero-order valence-electron chi connectivity index (χ0n) is 18.1. The molecule has 0 aliphatic rings. The molecule has 0 aliphatic heterocycles. The summed E-state index contributed by atoms with van der Waals surface area (Å²) in [5.74, 6) is 0. The average Bonchev–Trinajstić information content (AvgIpc) is 2.86. The quantitative estimate of drug-likeness (QED) is 0.231. The van der Waals surface area contributed by atoms with Crippen LogP contribution >= 0.6 is 0 Å². The first-order valence-corrected chi connectivity index (χ1v) is 11.1. The number of hydrogen-bond acceptors (Lipinski definition) is 0. The summed E-state index contributed by atoms with van der Waals surface area (Å²) >= 11 is 0. The van der Waals surface area contributed by atoms with E-state index in [4.69, 9.17) is 0 Å². The Labute approximate surface area is 194 Å². The molecule has 0 radical (unpaired) electrons. The minimum atomic E-state index is -4.35. The standard InChI is InChI=1S/C31H19F3/c32-31(33,34)25-16-14-21(15-17-25)26-10-5-11-28-29(26)19-23-8-3-4-9-27(23)30(28)24-13-12-20-6-1-2-7-22(20)18-24/h1-19H. The van der Waals surface area contributed by atoms with Gasteiger partial charge in [0, 0.05) is 0 Å². The van der Waals surface area contributed by atoms with E-state index in [-0.39, 0.29) is 0 Å². The highest BCUT2D eigenvalue weighted by Crippen LogP contribution is 2.41. The Morgan fingerprint density at radius 2 is 1.09 bits per heavy atom. The van der Waals surface area contributed by atoms with Crippen molar-refractivity contribution in [1.29, 1.82) is 0 Å². The molecule has 6 aromatic rings. The number of fused-ring (bicyclic) bond motifs is 3. The summed E-state index contributed by atoms with van der Waals surface area (Å²) in [5.41, 5.74) is 3.29. The Balaban J connectivity index is 1.64. The van der Waals surface area contributed by atoms with Crippen LogP contribution < -0.4 is 0 Å². The molecule has 0 saturated carbocycles. The SMILES string of the molecule is FC(F)(F)c1ccc(-c2cccc3c(-c4ccc5ccccc5c4)c4ccccc4cc23)cc1. The van der Waals surface area contributed by atoms with E-state index in [1.165, 1.54) is 10.8 Å². The van der Waals surface area contributed by atoms with E-state index < -0.39 is 11.7 Å². The molecule has 34 heavy (non-hydrogen) atoms. The lowest BCUT2D eigenvalue weighted by Gasteiger charge is -2.16. The van der Waals surface area contributed by atoms with E-state index in [1.807, 2.05) is 36.4 Å². The van der Waals surface area contributed by atoms with E-state index in [0.717, 1.165) is 55.9 Å². The second-order valence-corrected chi connectivity index (χ2v) is 8.51. The van der Waals surface area contributed by atoms with Gasteiger partial charge < -0.3 is 0 Å². The van der Waals surface area contributed by atoms with E-state index in [0.29, 0.717) is 0 Å². The lowest BCUT2D eigenvalue weighted by molar-refractivity contribution is -0.137. The monoisotopic (exact) mass is 448 g/mol. The third kappa shape index (κ3) is 3.41. The van der Waals surface area contributed by atoms with Crippen LogP contribution in [0.1, 0.15) is 5.56 Å². The molecular weight excluding hydrogens is 429 g/mol. The molecular formula is C31H19F3. The van der Waals surface area contributed by atoms with Crippen molar-refractivity contribution in [2.75, 3.05) is 0 Å². The van der Waals surface area contributed by atoms with Crippen molar-refractivity contribution in [1.82, 2.24) is 0 Å². The van der Waals surface area contributed by atoms with E-state index in [2.05, 4.69) is 54.6 Å². The molecule has 0 N–H and O–H groups in total. The van der Waals surface area contributed by atoms with Crippen LogP contribution in [-0.4, -0.2) is 0 Å². The fourth-order valence-corrected chi connectivity index (χ4v) is 4.84. The molecule has 3 heteroatoms. The summed E-state index contributed by atoms with van der Waals surface area (Å²) in [5, 5.41) is 6.68. The summed E-state index contributed by atoms with van der Waals surface area (Å²) in [6, 6.07) is 36.7. The predicted octanol–water partition coefficient (Wildman–Crippen LogP) is 9.50. The molecule has 6 aromatic carbocycles. The second-order valence-electron chi connectivity index (χ2n) is 8.51. The predicted molar refractivity (Wildman–Crippen MR) is 135 cm³/mol. The summed E-state index contributed by atoms with van der Waals surface area (Å²) < 4.78 is 39.3. The first-order valence-electron chi connectivity index (χ1n) is 11.1. The van der Waals surface area contributed by atoms with Crippen LogP contribution in [0.5, 0.6) is 0 Å². The maximum atomic E-state index is 13.1. The van der Waals surface area contributed by atoms with Crippen LogP contribution in [0.25, 0.3) is 54.6 Å². The van der Waals surface area contributed by atoms with Crippen molar-refractivity contribution in [3.8, 4) is 22.3 Å². The van der Waals surface area contributed by atoms with Gasteiger partial charge in [0.15, 0.2) is 0 Å². The minimum Gasteiger partial charge on any atom is -0.166 e. The molecule has 0 amide bonds. The molecule has 6 rings (SSSR count). The van der Waals surface area contributed by atoms with Gasteiger partial charge in [-0.05, 0) is 78.8 Å². The van der Waals surface area contributed by atoms with Crippen LogP contribution in [-0.2, 0) is 6.18 Å². The van der Waals surface area contributed by atoms with Crippen molar-refractivity contribution in [3.05, 3.63) is 121 Å². The Morgan fingerprint density at radius 3 is 1.85 bits per heavy atom. The highest BCUT2D eigenvalue weighted by molar-refractivity contribution is 6.16. The van der Waals surface area contributed by atoms with Crippen molar-refractivity contribution in [2.45, 2.75) is 6.18 Å². The maximum absolute atomic E-state index is 13.1. The number of alkyl halides is 3. The second kappa shape index (κ2) is 7.74.